The number of rotatable bonds is 13. The molecular weight excluding hydrogens is 464 g/mol. The van der Waals surface area contributed by atoms with Gasteiger partial charge in [0, 0.05) is 37.4 Å². The Labute approximate surface area is 185 Å². The Bertz CT molecular complexity index is 1090. The molecule has 0 aliphatic carbocycles. The van der Waals surface area contributed by atoms with E-state index in [-0.39, 0.29) is 34.3 Å². The van der Waals surface area contributed by atoms with Crippen molar-refractivity contribution in [3.63, 3.8) is 0 Å². The minimum absolute atomic E-state index is 0.129. The van der Waals surface area contributed by atoms with Gasteiger partial charge >= 0.3 is 0 Å². The van der Waals surface area contributed by atoms with Crippen LogP contribution >= 0.6 is 0 Å². The van der Waals surface area contributed by atoms with Crippen molar-refractivity contribution in [2.24, 2.45) is 0 Å². The number of nitrogens with zero attached hydrogens (tertiary/aromatic N) is 2. The van der Waals surface area contributed by atoms with Crippen LogP contribution in [0.3, 0.4) is 0 Å². The molecular formula is C18H22N4O8S2. The van der Waals surface area contributed by atoms with Crippen LogP contribution in [0.5, 0.6) is 0 Å². The van der Waals surface area contributed by atoms with Crippen LogP contribution in [0, 0.1) is 20.2 Å². The Kier molecular flexibility index (Phi) is 8.77. The van der Waals surface area contributed by atoms with Gasteiger partial charge in [-0.15, -0.1) is 0 Å². The molecule has 14 heteroatoms. The molecule has 0 atom stereocenters. The van der Waals surface area contributed by atoms with Crippen LogP contribution in [0.4, 0.5) is 11.4 Å². The first-order valence-electron chi connectivity index (χ1n) is 9.51. The highest BCUT2D eigenvalue weighted by Gasteiger charge is 2.18. The normalized spacial score (nSPS) is 11.9. The number of hydrogen-bond donors (Lipinski definition) is 2. The molecule has 0 aliphatic heterocycles. The molecule has 2 aromatic rings. The molecule has 0 amide bonds. The van der Waals surface area contributed by atoms with Gasteiger partial charge in [-0.3, -0.25) is 20.2 Å². The SMILES string of the molecule is O=[N+]([O-])c1cccc(S(=O)(=O)NCCCCCCNS(=O)(=O)c2cccc([N+](=O)[O-])c2)c1. The standard InChI is InChI=1S/C18H22N4O8S2/c23-21(24)15-7-5-9-17(13-15)31(27,28)19-11-3-1-2-4-12-20-32(29,30)18-10-6-8-16(14-18)22(25)26/h5-10,13-14,19-20H,1-4,11-12H2. The summed E-state index contributed by atoms with van der Waals surface area (Å²) in [4.78, 5) is 19.8. The molecule has 0 aromatic heterocycles. The van der Waals surface area contributed by atoms with Gasteiger partial charge in [-0.2, -0.15) is 0 Å². The Morgan fingerprint density at radius 2 is 1.03 bits per heavy atom. The van der Waals surface area contributed by atoms with Crippen molar-refractivity contribution in [1.82, 2.24) is 9.44 Å². The fourth-order valence-electron chi connectivity index (χ4n) is 2.71. The first kappa shape index (κ1) is 25.3. The van der Waals surface area contributed by atoms with Crippen molar-refractivity contribution in [2.75, 3.05) is 13.1 Å². The number of nitro groups is 2. The Hall–Kier alpha value is -2.94. The molecule has 2 rings (SSSR count). The van der Waals surface area contributed by atoms with Crippen molar-refractivity contribution >= 4 is 31.4 Å². The van der Waals surface area contributed by atoms with Crippen molar-refractivity contribution < 1.29 is 26.7 Å². The summed E-state index contributed by atoms with van der Waals surface area (Å²) >= 11 is 0. The van der Waals surface area contributed by atoms with Gasteiger partial charge in [0.05, 0.1) is 19.6 Å². The van der Waals surface area contributed by atoms with Crippen LogP contribution in [0.25, 0.3) is 0 Å². The molecule has 0 bridgehead atoms. The van der Waals surface area contributed by atoms with E-state index >= 15 is 0 Å². The summed E-state index contributed by atoms with van der Waals surface area (Å²) in [6, 6.07) is 9.48. The Balaban J connectivity index is 1.71. The maximum Gasteiger partial charge on any atom is 0.270 e. The second kappa shape index (κ2) is 11.1. The maximum absolute atomic E-state index is 12.2. The molecule has 2 N–H and O–H groups in total. The van der Waals surface area contributed by atoms with Gasteiger partial charge in [0.15, 0.2) is 0 Å². The topological polar surface area (TPSA) is 179 Å². The third kappa shape index (κ3) is 7.33. The molecule has 0 saturated heterocycles. The highest BCUT2D eigenvalue weighted by molar-refractivity contribution is 7.89. The minimum atomic E-state index is -3.87. The predicted octanol–water partition coefficient (Wildman–Crippen LogP) is 2.32. The zero-order valence-electron chi connectivity index (χ0n) is 16.8. The first-order valence-corrected chi connectivity index (χ1v) is 12.5. The van der Waals surface area contributed by atoms with Crippen LogP contribution in [0.15, 0.2) is 58.3 Å². The molecule has 0 aliphatic rings. The number of nitrogens with one attached hydrogen (secondary N) is 2. The lowest BCUT2D eigenvalue weighted by Crippen LogP contribution is -2.25. The summed E-state index contributed by atoms with van der Waals surface area (Å²) in [6.07, 6.45) is 2.23. The lowest BCUT2D eigenvalue weighted by atomic mass is 10.2. The number of benzene rings is 2. The van der Waals surface area contributed by atoms with Crippen LogP contribution in [-0.2, 0) is 20.0 Å². The lowest BCUT2D eigenvalue weighted by molar-refractivity contribution is -0.385. The van der Waals surface area contributed by atoms with Crippen molar-refractivity contribution in [2.45, 2.75) is 35.5 Å². The lowest BCUT2D eigenvalue weighted by Gasteiger charge is -2.08. The fraction of sp³-hybridized carbons (Fsp3) is 0.333. The third-order valence-electron chi connectivity index (χ3n) is 4.37. The minimum Gasteiger partial charge on any atom is -0.258 e. The van der Waals surface area contributed by atoms with Gasteiger partial charge in [0.25, 0.3) is 11.4 Å². The highest BCUT2D eigenvalue weighted by atomic mass is 32.2. The monoisotopic (exact) mass is 486 g/mol. The second-order valence-electron chi connectivity index (χ2n) is 6.72. The first-order chi connectivity index (χ1) is 15.0. The molecule has 0 heterocycles. The number of unbranched alkanes of at least 4 members (excludes halogenated alkanes) is 3. The molecule has 0 saturated carbocycles. The van der Waals surface area contributed by atoms with E-state index in [0.29, 0.717) is 25.7 Å². The molecule has 0 fully saturated rings. The van der Waals surface area contributed by atoms with Crippen molar-refractivity contribution in [3.8, 4) is 0 Å². The van der Waals surface area contributed by atoms with Crippen LogP contribution in [0.2, 0.25) is 0 Å². The van der Waals surface area contributed by atoms with Crippen molar-refractivity contribution in [3.05, 3.63) is 68.8 Å². The fourth-order valence-corrected chi connectivity index (χ4v) is 4.94. The number of nitro benzene ring substituents is 2. The average Bonchev–Trinajstić information content (AvgIpc) is 2.75. The van der Waals surface area contributed by atoms with E-state index in [1.165, 1.54) is 36.4 Å². The largest absolute Gasteiger partial charge is 0.270 e. The predicted molar refractivity (Wildman–Crippen MR) is 115 cm³/mol. The second-order valence-corrected chi connectivity index (χ2v) is 10.3. The zero-order chi connectivity index (χ0) is 23.8. The quantitative estimate of drug-likeness (QED) is 0.246. The summed E-state index contributed by atoms with van der Waals surface area (Å²) in [5, 5.41) is 21.5. The smallest absolute Gasteiger partial charge is 0.258 e. The molecule has 2 aromatic carbocycles. The van der Waals surface area contributed by atoms with E-state index in [9.17, 15) is 37.1 Å². The van der Waals surface area contributed by atoms with Gasteiger partial charge < -0.3 is 0 Å². The van der Waals surface area contributed by atoms with E-state index in [4.69, 9.17) is 0 Å². The number of non-ortho nitro benzene ring substituents is 2. The molecule has 0 radical (unpaired) electrons. The Morgan fingerprint density at radius 1 is 0.656 bits per heavy atom. The molecule has 12 nitrogen and oxygen atoms in total. The van der Waals surface area contributed by atoms with Gasteiger partial charge in [0.2, 0.25) is 20.0 Å². The maximum atomic E-state index is 12.2. The van der Waals surface area contributed by atoms with Crippen LogP contribution in [-0.4, -0.2) is 39.8 Å². The van der Waals surface area contributed by atoms with Crippen LogP contribution in [0.1, 0.15) is 25.7 Å². The van der Waals surface area contributed by atoms with E-state index in [1.807, 2.05) is 0 Å². The summed E-state index contributed by atoms with van der Waals surface area (Å²) < 4.78 is 53.6. The Morgan fingerprint density at radius 3 is 1.38 bits per heavy atom. The van der Waals surface area contributed by atoms with Gasteiger partial charge in [-0.05, 0) is 25.0 Å². The van der Waals surface area contributed by atoms with Crippen molar-refractivity contribution in [1.29, 1.82) is 0 Å². The molecule has 0 unspecified atom stereocenters. The van der Waals surface area contributed by atoms with E-state index in [1.54, 1.807) is 0 Å². The van der Waals surface area contributed by atoms with E-state index in [0.717, 1.165) is 12.1 Å². The average molecular weight is 487 g/mol. The summed E-state index contributed by atoms with van der Waals surface area (Å²) in [7, 11) is -7.73. The number of hydrogen-bond acceptors (Lipinski definition) is 8. The summed E-state index contributed by atoms with van der Waals surface area (Å²) in [6.45, 7) is 0.259. The van der Waals surface area contributed by atoms with E-state index < -0.39 is 29.9 Å². The van der Waals surface area contributed by atoms with Gasteiger partial charge in [0.1, 0.15) is 0 Å². The van der Waals surface area contributed by atoms with Crippen LogP contribution < -0.4 is 9.44 Å². The van der Waals surface area contributed by atoms with E-state index in [2.05, 4.69) is 9.44 Å². The molecule has 174 valence electrons. The molecule has 0 spiro atoms. The zero-order valence-corrected chi connectivity index (χ0v) is 18.5. The van der Waals surface area contributed by atoms with Gasteiger partial charge in [-0.25, -0.2) is 26.3 Å². The van der Waals surface area contributed by atoms with Gasteiger partial charge in [-0.1, -0.05) is 25.0 Å². The molecule has 32 heavy (non-hydrogen) atoms. The third-order valence-corrected chi connectivity index (χ3v) is 7.28. The summed E-state index contributed by atoms with van der Waals surface area (Å²) in [5.41, 5.74) is -0.638. The number of sulfonamides is 2. The highest BCUT2D eigenvalue weighted by Crippen LogP contribution is 2.18. The summed E-state index contributed by atoms with van der Waals surface area (Å²) in [5.74, 6) is 0.